The van der Waals surface area contributed by atoms with E-state index in [1.165, 1.54) is 43.5 Å². The first-order valence-electron chi connectivity index (χ1n) is 8.92. The van der Waals surface area contributed by atoms with Gasteiger partial charge in [-0.25, -0.2) is 4.68 Å². The quantitative estimate of drug-likeness (QED) is 0.740. The van der Waals surface area contributed by atoms with Gasteiger partial charge in [0, 0.05) is 26.6 Å². The molecule has 1 aliphatic heterocycles. The van der Waals surface area contributed by atoms with Crippen molar-refractivity contribution < 1.29 is 14.3 Å². The van der Waals surface area contributed by atoms with Crippen LogP contribution in [0.5, 0.6) is 0 Å². The Balaban J connectivity index is 1.40. The highest BCUT2D eigenvalue weighted by Gasteiger charge is 2.25. The average molecular weight is 334 g/mol. The lowest BCUT2D eigenvalue weighted by molar-refractivity contribution is -0.134. The normalized spacial score (nSPS) is 19.8. The molecular formula is C17H26N4O3. The van der Waals surface area contributed by atoms with Gasteiger partial charge in [0.05, 0.1) is 12.3 Å². The summed E-state index contributed by atoms with van der Waals surface area (Å²) in [6.45, 7) is 3.90. The number of likely N-dealkylation sites (tertiary alicyclic amines) is 1. The molecule has 24 heavy (non-hydrogen) atoms. The molecule has 7 nitrogen and oxygen atoms in total. The molecule has 1 amide bonds. The van der Waals surface area contributed by atoms with E-state index < -0.39 is 0 Å². The highest BCUT2D eigenvalue weighted by Crippen LogP contribution is 2.26. The number of hydrogen-bond donors (Lipinski definition) is 0. The molecule has 0 bridgehead atoms. The van der Waals surface area contributed by atoms with Gasteiger partial charge < -0.3 is 9.64 Å². The minimum absolute atomic E-state index is 0.0178. The predicted molar refractivity (Wildman–Crippen MR) is 87.5 cm³/mol. The first kappa shape index (κ1) is 17.1. The molecule has 3 rings (SSSR count). The van der Waals surface area contributed by atoms with E-state index in [1.54, 1.807) is 0 Å². The van der Waals surface area contributed by atoms with Crippen molar-refractivity contribution in [3.05, 3.63) is 11.9 Å². The third kappa shape index (κ3) is 4.41. The van der Waals surface area contributed by atoms with Gasteiger partial charge in [-0.05, 0) is 31.6 Å². The standard InChI is InChI=1S/C17H26N4O3/c1-13(22)16-10-21(19-18-16)11-17(23)20-8-6-15(7-9-20)24-12-14-4-2-3-5-14/h10,14-15H,2-9,11-12H2,1H3. The molecule has 1 saturated heterocycles. The molecule has 1 aromatic rings. The molecule has 0 unspecified atom stereocenters. The van der Waals surface area contributed by atoms with Crippen LogP contribution in [0.25, 0.3) is 0 Å². The van der Waals surface area contributed by atoms with Crippen molar-refractivity contribution in [2.75, 3.05) is 19.7 Å². The average Bonchev–Trinajstić information content (AvgIpc) is 3.25. The number of carbonyl (C=O) groups excluding carboxylic acids is 2. The first-order chi connectivity index (χ1) is 11.6. The van der Waals surface area contributed by atoms with Crippen molar-refractivity contribution in [3.8, 4) is 0 Å². The second-order valence-corrected chi connectivity index (χ2v) is 6.92. The number of Topliss-reactive ketones (excluding diaryl/α,β-unsaturated/α-hetero) is 1. The van der Waals surface area contributed by atoms with Gasteiger partial charge in [0.25, 0.3) is 0 Å². The number of aromatic nitrogens is 3. The lowest BCUT2D eigenvalue weighted by Crippen LogP contribution is -2.42. The van der Waals surface area contributed by atoms with E-state index in [1.807, 2.05) is 4.90 Å². The molecule has 0 atom stereocenters. The van der Waals surface area contributed by atoms with E-state index in [0.29, 0.717) is 5.69 Å². The van der Waals surface area contributed by atoms with Crippen molar-refractivity contribution in [1.29, 1.82) is 0 Å². The summed E-state index contributed by atoms with van der Waals surface area (Å²) in [7, 11) is 0. The van der Waals surface area contributed by atoms with Crippen molar-refractivity contribution >= 4 is 11.7 Å². The van der Waals surface area contributed by atoms with Crippen molar-refractivity contribution in [2.24, 2.45) is 5.92 Å². The fourth-order valence-corrected chi connectivity index (χ4v) is 3.50. The van der Waals surface area contributed by atoms with Gasteiger partial charge in [-0.3, -0.25) is 9.59 Å². The van der Waals surface area contributed by atoms with Crippen LogP contribution in [-0.4, -0.2) is 57.4 Å². The molecule has 2 heterocycles. The monoisotopic (exact) mass is 334 g/mol. The Kier molecular flexibility index (Phi) is 5.60. The Morgan fingerprint density at radius 1 is 1.21 bits per heavy atom. The first-order valence-corrected chi connectivity index (χ1v) is 8.92. The summed E-state index contributed by atoms with van der Waals surface area (Å²) in [6.07, 6.45) is 8.89. The van der Waals surface area contributed by atoms with E-state index in [9.17, 15) is 9.59 Å². The number of hydrogen-bond acceptors (Lipinski definition) is 5. The largest absolute Gasteiger partial charge is 0.378 e. The molecule has 1 aliphatic carbocycles. The van der Waals surface area contributed by atoms with Crippen molar-refractivity contribution in [2.45, 2.75) is 58.1 Å². The van der Waals surface area contributed by atoms with Crippen LogP contribution < -0.4 is 0 Å². The Labute approximate surface area is 142 Å². The van der Waals surface area contributed by atoms with Crippen LogP contribution in [0.1, 0.15) is 55.9 Å². The fourth-order valence-electron chi connectivity index (χ4n) is 3.50. The Hall–Kier alpha value is -1.76. The van der Waals surface area contributed by atoms with Gasteiger partial charge in [-0.15, -0.1) is 5.10 Å². The van der Waals surface area contributed by atoms with Gasteiger partial charge in [-0.1, -0.05) is 18.1 Å². The van der Waals surface area contributed by atoms with Crippen LogP contribution in [0.4, 0.5) is 0 Å². The maximum absolute atomic E-state index is 12.3. The lowest BCUT2D eigenvalue weighted by Gasteiger charge is -2.32. The van der Waals surface area contributed by atoms with Gasteiger partial charge >= 0.3 is 0 Å². The van der Waals surface area contributed by atoms with E-state index >= 15 is 0 Å². The number of ether oxygens (including phenoxy) is 1. The fraction of sp³-hybridized carbons (Fsp3) is 0.765. The summed E-state index contributed by atoms with van der Waals surface area (Å²) >= 11 is 0. The molecule has 1 aromatic heterocycles. The Morgan fingerprint density at radius 3 is 2.54 bits per heavy atom. The molecule has 2 fully saturated rings. The third-order valence-corrected chi connectivity index (χ3v) is 5.03. The number of rotatable bonds is 6. The van der Waals surface area contributed by atoms with Gasteiger partial charge in [-0.2, -0.15) is 0 Å². The SMILES string of the molecule is CC(=O)c1cn(CC(=O)N2CCC(OCC3CCCC3)CC2)nn1. The maximum Gasteiger partial charge on any atom is 0.244 e. The molecule has 132 valence electrons. The van der Waals surface area contributed by atoms with Crippen LogP contribution in [0, 0.1) is 5.92 Å². The zero-order valence-electron chi connectivity index (χ0n) is 14.3. The minimum Gasteiger partial charge on any atom is -0.378 e. The number of amides is 1. The van der Waals surface area contributed by atoms with Crippen molar-refractivity contribution in [1.82, 2.24) is 19.9 Å². The molecule has 1 saturated carbocycles. The molecule has 0 aromatic carbocycles. The van der Waals surface area contributed by atoms with Crippen LogP contribution in [0.15, 0.2) is 6.20 Å². The van der Waals surface area contributed by atoms with Crippen LogP contribution in [0.3, 0.4) is 0 Å². The second-order valence-electron chi connectivity index (χ2n) is 6.92. The molecule has 0 N–H and O–H groups in total. The predicted octanol–water partition coefficient (Wildman–Crippen LogP) is 1.68. The van der Waals surface area contributed by atoms with E-state index in [0.717, 1.165) is 38.5 Å². The molecule has 2 aliphatic rings. The zero-order valence-corrected chi connectivity index (χ0v) is 14.3. The zero-order chi connectivity index (χ0) is 16.9. The summed E-state index contributed by atoms with van der Waals surface area (Å²) in [4.78, 5) is 25.4. The molecular weight excluding hydrogens is 308 g/mol. The summed E-state index contributed by atoms with van der Waals surface area (Å²) in [5.74, 6) is 0.616. The van der Waals surface area contributed by atoms with E-state index in [2.05, 4.69) is 10.3 Å². The Bertz CT molecular complexity index is 572. The Morgan fingerprint density at radius 2 is 1.92 bits per heavy atom. The summed E-state index contributed by atoms with van der Waals surface area (Å²) in [5, 5.41) is 7.60. The maximum atomic E-state index is 12.3. The van der Waals surface area contributed by atoms with Crippen molar-refractivity contribution in [3.63, 3.8) is 0 Å². The molecule has 7 heteroatoms. The summed E-state index contributed by atoms with van der Waals surface area (Å²) in [5.41, 5.74) is 0.293. The molecule has 0 spiro atoms. The lowest BCUT2D eigenvalue weighted by atomic mass is 10.1. The number of ketones is 1. The van der Waals surface area contributed by atoms with Gasteiger partial charge in [0.1, 0.15) is 12.2 Å². The summed E-state index contributed by atoms with van der Waals surface area (Å²) < 4.78 is 7.47. The highest BCUT2D eigenvalue weighted by atomic mass is 16.5. The second kappa shape index (κ2) is 7.88. The molecule has 0 radical (unpaired) electrons. The van der Waals surface area contributed by atoms with Gasteiger partial charge in [0.15, 0.2) is 5.78 Å². The number of carbonyl (C=O) groups is 2. The number of piperidine rings is 1. The van der Waals surface area contributed by atoms with E-state index in [4.69, 9.17) is 4.74 Å². The van der Waals surface area contributed by atoms with Crippen LogP contribution in [0.2, 0.25) is 0 Å². The smallest absolute Gasteiger partial charge is 0.244 e. The minimum atomic E-state index is -0.145. The topological polar surface area (TPSA) is 77.3 Å². The number of nitrogens with zero attached hydrogens (tertiary/aromatic N) is 4. The third-order valence-electron chi connectivity index (χ3n) is 5.03. The van der Waals surface area contributed by atoms with Crippen LogP contribution in [-0.2, 0) is 16.1 Å². The highest BCUT2D eigenvalue weighted by molar-refractivity contribution is 5.91. The van der Waals surface area contributed by atoms with E-state index in [-0.39, 0.29) is 24.3 Å². The van der Waals surface area contributed by atoms with Gasteiger partial charge in [0.2, 0.25) is 5.91 Å². The summed E-state index contributed by atoms with van der Waals surface area (Å²) in [6, 6.07) is 0. The van der Waals surface area contributed by atoms with Crippen LogP contribution >= 0.6 is 0 Å².